The third-order valence-corrected chi connectivity index (χ3v) is 2.97. The molecule has 0 bridgehead atoms. The molecule has 0 unspecified atom stereocenters. The average Bonchev–Trinajstić information content (AvgIpc) is 2.55. The number of hydrogen-bond acceptors (Lipinski definition) is 5. The Kier molecular flexibility index (Phi) is 3.27. The molecule has 0 saturated heterocycles. The van der Waals surface area contributed by atoms with E-state index in [1.165, 1.54) is 6.07 Å². The molecule has 5 heteroatoms. The Morgan fingerprint density at radius 3 is 2.81 bits per heavy atom. The first-order chi connectivity index (χ1) is 10.3. The van der Waals surface area contributed by atoms with Crippen molar-refractivity contribution in [2.45, 2.75) is 0 Å². The van der Waals surface area contributed by atoms with E-state index in [-0.39, 0.29) is 5.75 Å². The lowest BCUT2D eigenvalue weighted by Gasteiger charge is -2.02. The predicted octanol–water partition coefficient (Wildman–Crippen LogP) is 4.23. The molecule has 0 fully saturated rings. The van der Waals surface area contributed by atoms with E-state index in [9.17, 15) is 5.11 Å². The smallest absolute Gasteiger partial charge is 0.141 e. The summed E-state index contributed by atoms with van der Waals surface area (Å²) in [6, 6.07) is 15.8. The lowest BCUT2D eigenvalue weighted by molar-refractivity contribution is 0.480. The van der Waals surface area contributed by atoms with Gasteiger partial charge in [-0.2, -0.15) is 10.4 Å². The molecule has 1 N–H and O–H groups in total. The minimum atomic E-state index is 0.107. The second-order valence-electron chi connectivity index (χ2n) is 4.37. The lowest BCUT2D eigenvalue weighted by Crippen LogP contribution is -1.79. The zero-order valence-corrected chi connectivity index (χ0v) is 10.9. The average molecular weight is 274 g/mol. The minimum Gasteiger partial charge on any atom is -0.506 e. The Morgan fingerprint density at radius 2 is 1.95 bits per heavy atom. The summed E-state index contributed by atoms with van der Waals surface area (Å²) in [5.41, 5.74) is 2.22. The van der Waals surface area contributed by atoms with Crippen LogP contribution in [0.4, 0.5) is 11.4 Å². The molecule has 0 radical (unpaired) electrons. The summed E-state index contributed by atoms with van der Waals surface area (Å²) in [7, 11) is 0. The summed E-state index contributed by atoms with van der Waals surface area (Å²) in [6.45, 7) is 0. The number of pyridine rings is 1. The number of hydrogen-bond donors (Lipinski definition) is 1. The highest BCUT2D eigenvalue weighted by Gasteiger charge is 2.05. The van der Waals surface area contributed by atoms with Crippen LogP contribution in [0.5, 0.6) is 5.75 Å². The number of rotatable bonds is 2. The molecule has 0 aliphatic rings. The fourth-order valence-electron chi connectivity index (χ4n) is 1.98. The molecule has 0 spiro atoms. The molecule has 0 aliphatic carbocycles. The topological polar surface area (TPSA) is 81.6 Å². The number of aromatic hydroxyl groups is 1. The van der Waals surface area contributed by atoms with Gasteiger partial charge >= 0.3 is 0 Å². The highest BCUT2D eigenvalue weighted by Crippen LogP contribution is 2.31. The molecule has 0 amide bonds. The van der Waals surface area contributed by atoms with Crippen LogP contribution in [0.15, 0.2) is 65.0 Å². The van der Waals surface area contributed by atoms with Gasteiger partial charge in [-0.05, 0) is 42.5 Å². The van der Waals surface area contributed by atoms with E-state index in [2.05, 4.69) is 21.3 Å². The van der Waals surface area contributed by atoms with Crippen molar-refractivity contribution < 1.29 is 5.11 Å². The molecular weight excluding hydrogens is 264 g/mol. The number of nitriles is 1. The van der Waals surface area contributed by atoms with Crippen molar-refractivity contribution in [2.24, 2.45) is 10.2 Å². The fourth-order valence-corrected chi connectivity index (χ4v) is 1.98. The van der Waals surface area contributed by atoms with E-state index in [0.717, 1.165) is 5.39 Å². The number of nitrogens with zero attached hydrogens (tertiary/aromatic N) is 4. The van der Waals surface area contributed by atoms with Crippen molar-refractivity contribution in [2.75, 3.05) is 0 Å². The summed E-state index contributed by atoms with van der Waals surface area (Å²) in [6.07, 6.45) is 1.61. The van der Waals surface area contributed by atoms with E-state index in [1.54, 1.807) is 42.6 Å². The van der Waals surface area contributed by atoms with E-state index in [4.69, 9.17) is 5.26 Å². The van der Waals surface area contributed by atoms with Crippen LogP contribution in [0, 0.1) is 11.3 Å². The van der Waals surface area contributed by atoms with Crippen LogP contribution in [-0.2, 0) is 0 Å². The van der Waals surface area contributed by atoms with Gasteiger partial charge in [0, 0.05) is 11.6 Å². The van der Waals surface area contributed by atoms with Crippen molar-refractivity contribution >= 4 is 22.3 Å². The van der Waals surface area contributed by atoms with Gasteiger partial charge in [-0.15, -0.1) is 5.11 Å². The van der Waals surface area contributed by atoms with Gasteiger partial charge in [-0.3, -0.25) is 4.98 Å². The van der Waals surface area contributed by atoms with Crippen molar-refractivity contribution in [1.29, 1.82) is 5.26 Å². The van der Waals surface area contributed by atoms with Crippen LogP contribution in [0.2, 0.25) is 0 Å². The number of phenolic OH excluding ortho intramolecular Hbond substituents is 1. The van der Waals surface area contributed by atoms with Gasteiger partial charge in [0.25, 0.3) is 0 Å². The van der Waals surface area contributed by atoms with Crippen molar-refractivity contribution in [3.8, 4) is 11.8 Å². The van der Waals surface area contributed by atoms with Crippen LogP contribution in [0.1, 0.15) is 5.56 Å². The maximum Gasteiger partial charge on any atom is 0.141 e. The Balaban J connectivity index is 2.04. The zero-order valence-electron chi connectivity index (χ0n) is 10.9. The van der Waals surface area contributed by atoms with Crippen LogP contribution in [-0.4, -0.2) is 10.1 Å². The van der Waals surface area contributed by atoms with E-state index in [0.29, 0.717) is 22.5 Å². The first-order valence-corrected chi connectivity index (χ1v) is 6.26. The van der Waals surface area contributed by atoms with Gasteiger partial charge in [0.15, 0.2) is 0 Å². The minimum absolute atomic E-state index is 0.107. The highest BCUT2D eigenvalue weighted by molar-refractivity contribution is 5.93. The van der Waals surface area contributed by atoms with Crippen molar-refractivity contribution in [3.05, 3.63) is 60.3 Å². The molecule has 100 valence electrons. The van der Waals surface area contributed by atoms with Crippen LogP contribution < -0.4 is 0 Å². The van der Waals surface area contributed by atoms with Crippen LogP contribution in [0.3, 0.4) is 0 Å². The van der Waals surface area contributed by atoms with Gasteiger partial charge in [-0.25, -0.2) is 0 Å². The number of aromatic nitrogens is 1. The van der Waals surface area contributed by atoms with E-state index < -0.39 is 0 Å². The molecule has 1 heterocycles. The van der Waals surface area contributed by atoms with Crippen LogP contribution >= 0.6 is 0 Å². The fraction of sp³-hybridized carbons (Fsp3) is 0. The summed E-state index contributed by atoms with van der Waals surface area (Å²) < 4.78 is 0. The number of fused-ring (bicyclic) bond motifs is 1. The number of benzene rings is 2. The second kappa shape index (κ2) is 5.39. The first kappa shape index (κ1) is 12.8. The van der Waals surface area contributed by atoms with Gasteiger partial charge in [0.05, 0.1) is 23.0 Å². The molecule has 2 aromatic carbocycles. The van der Waals surface area contributed by atoms with Crippen molar-refractivity contribution in [3.63, 3.8) is 0 Å². The van der Waals surface area contributed by atoms with Crippen LogP contribution in [0.25, 0.3) is 10.9 Å². The molecule has 1 aromatic heterocycles. The molecular formula is C16H10N4O. The third kappa shape index (κ3) is 2.55. The van der Waals surface area contributed by atoms with Gasteiger partial charge in [0.2, 0.25) is 0 Å². The highest BCUT2D eigenvalue weighted by atomic mass is 16.3. The van der Waals surface area contributed by atoms with Gasteiger partial charge in [-0.1, -0.05) is 6.07 Å². The molecule has 0 aliphatic heterocycles. The molecule has 3 rings (SSSR count). The predicted molar refractivity (Wildman–Crippen MR) is 78.7 cm³/mol. The zero-order chi connectivity index (χ0) is 14.7. The number of azo groups is 1. The summed E-state index contributed by atoms with van der Waals surface area (Å²) >= 11 is 0. The summed E-state index contributed by atoms with van der Waals surface area (Å²) in [4.78, 5) is 4.13. The van der Waals surface area contributed by atoms with E-state index >= 15 is 0 Å². The Bertz CT molecular complexity index is 881. The SMILES string of the molecule is N#Cc1cccc(N=Nc2ccc(O)c3ncccc23)c1. The Hall–Kier alpha value is -3.26. The Morgan fingerprint density at radius 1 is 1.05 bits per heavy atom. The molecule has 21 heavy (non-hydrogen) atoms. The summed E-state index contributed by atoms with van der Waals surface area (Å²) in [5.74, 6) is 0.107. The molecule has 0 saturated carbocycles. The van der Waals surface area contributed by atoms with Crippen molar-refractivity contribution in [1.82, 2.24) is 4.98 Å². The normalized spacial score (nSPS) is 10.8. The summed E-state index contributed by atoms with van der Waals surface area (Å²) in [5, 5.41) is 27.7. The largest absolute Gasteiger partial charge is 0.506 e. The second-order valence-corrected chi connectivity index (χ2v) is 4.37. The quantitative estimate of drug-likeness (QED) is 0.710. The van der Waals surface area contributed by atoms with Gasteiger partial charge < -0.3 is 5.11 Å². The number of phenols is 1. The lowest BCUT2D eigenvalue weighted by atomic mass is 10.2. The standard InChI is InChI=1S/C16H10N4O/c17-10-11-3-1-4-12(9-11)19-20-14-6-7-15(21)16-13(14)5-2-8-18-16/h1-9,21H. The maximum atomic E-state index is 9.78. The van der Waals surface area contributed by atoms with Gasteiger partial charge in [0.1, 0.15) is 11.3 Å². The third-order valence-electron chi connectivity index (χ3n) is 2.97. The molecule has 3 aromatic rings. The maximum absolute atomic E-state index is 9.78. The molecule has 5 nitrogen and oxygen atoms in total. The first-order valence-electron chi connectivity index (χ1n) is 6.26. The molecule has 0 atom stereocenters. The Labute approximate surface area is 120 Å². The van der Waals surface area contributed by atoms with E-state index in [1.807, 2.05) is 6.07 Å². The monoisotopic (exact) mass is 274 g/mol.